The number of methoxy groups -OCH3 is 1. The standard InChI is InChI=1S/C8H16N2O2S/c1-4-6(5-7(11)12-3)10-8(13)9-2/h6H,4-5H2,1-3H3,(H2,9,10,13). The van der Waals surface area contributed by atoms with Gasteiger partial charge in [-0.3, -0.25) is 4.79 Å². The van der Waals surface area contributed by atoms with Crippen LogP contribution < -0.4 is 10.6 Å². The van der Waals surface area contributed by atoms with Crippen LogP contribution in [0.1, 0.15) is 19.8 Å². The van der Waals surface area contributed by atoms with E-state index in [0.29, 0.717) is 11.5 Å². The Kier molecular flexibility index (Phi) is 6.22. The third kappa shape index (κ3) is 5.41. The first-order chi connectivity index (χ1) is 6.13. The van der Waals surface area contributed by atoms with Gasteiger partial charge in [-0.25, -0.2) is 0 Å². The molecule has 0 radical (unpaired) electrons. The molecule has 0 saturated carbocycles. The highest BCUT2D eigenvalue weighted by atomic mass is 32.1. The third-order valence-corrected chi connectivity index (χ3v) is 2.02. The number of carbonyl (C=O) groups excluding carboxylic acids is 1. The summed E-state index contributed by atoms with van der Waals surface area (Å²) in [6.45, 7) is 1.98. The molecule has 2 N–H and O–H groups in total. The quantitative estimate of drug-likeness (QED) is 0.513. The summed E-state index contributed by atoms with van der Waals surface area (Å²) < 4.78 is 4.56. The van der Waals surface area contributed by atoms with Gasteiger partial charge in [0.05, 0.1) is 13.5 Å². The third-order valence-electron chi connectivity index (χ3n) is 1.70. The van der Waals surface area contributed by atoms with Crippen LogP contribution in [-0.2, 0) is 9.53 Å². The minimum Gasteiger partial charge on any atom is -0.469 e. The molecule has 0 heterocycles. The number of carbonyl (C=O) groups is 1. The molecule has 76 valence electrons. The second kappa shape index (κ2) is 6.65. The van der Waals surface area contributed by atoms with E-state index < -0.39 is 0 Å². The van der Waals surface area contributed by atoms with Crippen LogP contribution in [0.2, 0.25) is 0 Å². The summed E-state index contributed by atoms with van der Waals surface area (Å²) >= 11 is 4.91. The van der Waals surface area contributed by atoms with Crippen molar-refractivity contribution in [1.82, 2.24) is 10.6 Å². The van der Waals surface area contributed by atoms with Gasteiger partial charge in [0.25, 0.3) is 0 Å². The molecule has 0 aliphatic carbocycles. The number of thiocarbonyl (C=S) groups is 1. The van der Waals surface area contributed by atoms with Crippen molar-refractivity contribution in [1.29, 1.82) is 0 Å². The van der Waals surface area contributed by atoms with Gasteiger partial charge < -0.3 is 15.4 Å². The predicted molar refractivity (Wildman–Crippen MR) is 55.5 cm³/mol. The number of esters is 1. The fourth-order valence-corrected chi connectivity index (χ4v) is 1.01. The molecule has 0 fully saturated rings. The molecule has 13 heavy (non-hydrogen) atoms. The number of hydrogen-bond donors (Lipinski definition) is 2. The first-order valence-corrected chi connectivity index (χ1v) is 4.59. The van der Waals surface area contributed by atoms with Crippen LogP contribution in [0.25, 0.3) is 0 Å². The predicted octanol–water partition coefficient (Wildman–Crippen LogP) is 0.422. The van der Waals surface area contributed by atoms with Crippen molar-refractivity contribution in [2.45, 2.75) is 25.8 Å². The molecule has 0 spiro atoms. The Morgan fingerprint density at radius 1 is 1.62 bits per heavy atom. The summed E-state index contributed by atoms with van der Waals surface area (Å²) in [5.41, 5.74) is 0. The molecule has 5 heteroatoms. The van der Waals surface area contributed by atoms with E-state index in [-0.39, 0.29) is 12.0 Å². The maximum absolute atomic E-state index is 10.9. The Labute approximate surface area is 84.0 Å². The van der Waals surface area contributed by atoms with E-state index in [9.17, 15) is 4.79 Å². The highest BCUT2D eigenvalue weighted by Crippen LogP contribution is 1.98. The van der Waals surface area contributed by atoms with Crippen molar-refractivity contribution in [2.24, 2.45) is 0 Å². The Bertz CT molecular complexity index is 167. The lowest BCUT2D eigenvalue weighted by atomic mass is 10.1. The van der Waals surface area contributed by atoms with Gasteiger partial charge in [0.1, 0.15) is 0 Å². The summed E-state index contributed by atoms with van der Waals surface area (Å²) in [7, 11) is 3.12. The maximum atomic E-state index is 10.9. The minimum atomic E-state index is -0.224. The average Bonchev–Trinajstić information content (AvgIpc) is 2.16. The Morgan fingerprint density at radius 2 is 2.23 bits per heavy atom. The van der Waals surface area contributed by atoms with Crippen molar-refractivity contribution < 1.29 is 9.53 Å². The zero-order chi connectivity index (χ0) is 10.3. The van der Waals surface area contributed by atoms with Crippen LogP contribution in [0.15, 0.2) is 0 Å². The first-order valence-electron chi connectivity index (χ1n) is 4.19. The lowest BCUT2D eigenvalue weighted by Crippen LogP contribution is -2.41. The minimum absolute atomic E-state index is 0.0485. The molecule has 0 aromatic heterocycles. The zero-order valence-corrected chi connectivity index (χ0v) is 9.03. The summed E-state index contributed by atoms with van der Waals surface area (Å²) in [6, 6.07) is 0.0485. The monoisotopic (exact) mass is 204 g/mol. The van der Waals surface area contributed by atoms with Crippen LogP contribution in [0.4, 0.5) is 0 Å². The maximum Gasteiger partial charge on any atom is 0.307 e. The molecule has 0 rings (SSSR count). The molecule has 0 bridgehead atoms. The van der Waals surface area contributed by atoms with E-state index in [1.54, 1.807) is 7.05 Å². The van der Waals surface area contributed by atoms with Gasteiger partial charge in [0.15, 0.2) is 5.11 Å². The fraction of sp³-hybridized carbons (Fsp3) is 0.750. The SMILES string of the molecule is CCC(CC(=O)OC)NC(=S)NC. The molecule has 1 unspecified atom stereocenters. The summed E-state index contributed by atoms with van der Waals surface area (Å²) in [5.74, 6) is -0.224. The summed E-state index contributed by atoms with van der Waals surface area (Å²) in [4.78, 5) is 10.9. The van der Waals surface area contributed by atoms with E-state index in [1.165, 1.54) is 7.11 Å². The van der Waals surface area contributed by atoms with E-state index in [0.717, 1.165) is 6.42 Å². The van der Waals surface area contributed by atoms with E-state index >= 15 is 0 Å². The van der Waals surface area contributed by atoms with Gasteiger partial charge in [0, 0.05) is 13.1 Å². The number of ether oxygens (including phenoxy) is 1. The second-order valence-electron chi connectivity index (χ2n) is 2.61. The normalized spacial score (nSPS) is 11.6. The van der Waals surface area contributed by atoms with E-state index in [2.05, 4.69) is 15.4 Å². The first kappa shape index (κ1) is 12.2. The van der Waals surface area contributed by atoms with Crippen molar-refractivity contribution in [2.75, 3.05) is 14.2 Å². The van der Waals surface area contributed by atoms with Crippen LogP contribution >= 0.6 is 12.2 Å². The molecule has 0 saturated heterocycles. The van der Waals surface area contributed by atoms with Crippen LogP contribution in [0, 0.1) is 0 Å². The molecular formula is C8H16N2O2S. The largest absolute Gasteiger partial charge is 0.469 e. The molecule has 0 aliphatic heterocycles. The summed E-state index contributed by atoms with van der Waals surface area (Å²) in [6.07, 6.45) is 1.17. The Balaban J connectivity index is 3.89. The van der Waals surface area contributed by atoms with E-state index in [1.807, 2.05) is 6.92 Å². The van der Waals surface area contributed by atoms with Gasteiger partial charge in [-0.2, -0.15) is 0 Å². The number of rotatable bonds is 4. The fourth-order valence-electron chi connectivity index (χ4n) is 0.840. The van der Waals surface area contributed by atoms with Gasteiger partial charge >= 0.3 is 5.97 Å². The van der Waals surface area contributed by atoms with Crippen LogP contribution in [0.5, 0.6) is 0 Å². The summed E-state index contributed by atoms with van der Waals surface area (Å²) in [5, 5.41) is 6.34. The lowest BCUT2D eigenvalue weighted by Gasteiger charge is -2.16. The molecule has 0 aliphatic rings. The van der Waals surface area contributed by atoms with Crippen molar-refractivity contribution in [3.05, 3.63) is 0 Å². The number of nitrogens with one attached hydrogen (secondary N) is 2. The van der Waals surface area contributed by atoms with Crippen molar-refractivity contribution in [3.8, 4) is 0 Å². The van der Waals surface area contributed by atoms with Crippen molar-refractivity contribution >= 4 is 23.3 Å². The van der Waals surface area contributed by atoms with Gasteiger partial charge in [-0.1, -0.05) is 6.92 Å². The highest BCUT2D eigenvalue weighted by Gasteiger charge is 2.12. The molecule has 4 nitrogen and oxygen atoms in total. The molecule has 1 atom stereocenters. The van der Waals surface area contributed by atoms with Gasteiger partial charge in [0.2, 0.25) is 0 Å². The van der Waals surface area contributed by atoms with Crippen LogP contribution in [0.3, 0.4) is 0 Å². The van der Waals surface area contributed by atoms with Gasteiger partial charge in [-0.05, 0) is 18.6 Å². The Morgan fingerprint density at radius 3 is 2.62 bits per heavy atom. The highest BCUT2D eigenvalue weighted by molar-refractivity contribution is 7.80. The average molecular weight is 204 g/mol. The Hall–Kier alpha value is -0.840. The molecule has 0 aromatic rings. The van der Waals surface area contributed by atoms with Crippen molar-refractivity contribution in [3.63, 3.8) is 0 Å². The second-order valence-corrected chi connectivity index (χ2v) is 3.02. The topological polar surface area (TPSA) is 50.4 Å². The van der Waals surface area contributed by atoms with Gasteiger partial charge in [-0.15, -0.1) is 0 Å². The smallest absolute Gasteiger partial charge is 0.307 e. The molecule has 0 aromatic carbocycles. The molecule has 0 amide bonds. The number of hydrogen-bond acceptors (Lipinski definition) is 3. The van der Waals surface area contributed by atoms with Crippen LogP contribution in [-0.4, -0.2) is 31.3 Å². The lowest BCUT2D eigenvalue weighted by molar-refractivity contribution is -0.141. The van der Waals surface area contributed by atoms with E-state index in [4.69, 9.17) is 12.2 Å². The zero-order valence-electron chi connectivity index (χ0n) is 8.22. The molecular weight excluding hydrogens is 188 g/mol.